The Hall–Kier alpha value is -4.16. The van der Waals surface area contributed by atoms with Gasteiger partial charge in [0.2, 0.25) is 5.91 Å². The molecular formula is C27H29N9O2S. The Morgan fingerprint density at radius 3 is 2.79 bits per heavy atom. The Labute approximate surface area is 228 Å². The van der Waals surface area contributed by atoms with Crippen LogP contribution in [0.4, 0.5) is 5.69 Å². The minimum atomic E-state index is -0.565. The van der Waals surface area contributed by atoms with Crippen molar-refractivity contribution >= 4 is 44.7 Å². The average Bonchev–Trinajstić information content (AvgIpc) is 3.66. The van der Waals surface area contributed by atoms with Gasteiger partial charge in [-0.15, -0.1) is 0 Å². The third-order valence-corrected chi connectivity index (χ3v) is 8.57. The molecule has 6 heterocycles. The topological polar surface area (TPSA) is 136 Å². The van der Waals surface area contributed by atoms with Gasteiger partial charge in [0.15, 0.2) is 5.65 Å². The number of pyridine rings is 2. The SMILES string of the molecule is Cc1ncc(NC(=O)CCN2CCCC2(C)C)cc1-c1c(-n2ncc3cccnc32)sc2c(C(N)=O)cnn12. The van der Waals surface area contributed by atoms with Crippen LogP contribution in [0.2, 0.25) is 0 Å². The second kappa shape index (κ2) is 9.54. The predicted octanol–water partition coefficient (Wildman–Crippen LogP) is 3.80. The van der Waals surface area contributed by atoms with Crippen molar-refractivity contribution in [3.8, 4) is 16.3 Å². The molecule has 0 bridgehead atoms. The molecule has 1 aliphatic rings. The summed E-state index contributed by atoms with van der Waals surface area (Å²) in [6, 6.07) is 5.67. The van der Waals surface area contributed by atoms with Crippen molar-refractivity contribution in [2.24, 2.45) is 5.73 Å². The van der Waals surface area contributed by atoms with E-state index in [0.29, 0.717) is 45.4 Å². The molecule has 200 valence electrons. The van der Waals surface area contributed by atoms with E-state index in [0.717, 1.165) is 36.0 Å². The molecule has 5 aromatic rings. The van der Waals surface area contributed by atoms with Crippen LogP contribution in [-0.4, -0.2) is 64.7 Å². The fourth-order valence-corrected chi connectivity index (χ4v) is 6.44. The van der Waals surface area contributed by atoms with Crippen molar-refractivity contribution in [2.45, 2.75) is 45.6 Å². The highest BCUT2D eigenvalue weighted by atomic mass is 32.1. The summed E-state index contributed by atoms with van der Waals surface area (Å²) >= 11 is 1.34. The van der Waals surface area contributed by atoms with Gasteiger partial charge in [-0.1, -0.05) is 11.3 Å². The van der Waals surface area contributed by atoms with Crippen LogP contribution in [0.15, 0.2) is 43.0 Å². The molecule has 0 radical (unpaired) electrons. The van der Waals surface area contributed by atoms with E-state index < -0.39 is 5.91 Å². The maximum absolute atomic E-state index is 12.9. The highest BCUT2D eigenvalue weighted by Gasteiger charge is 2.31. The summed E-state index contributed by atoms with van der Waals surface area (Å²) in [5.74, 6) is -0.632. The number of hydrogen-bond donors (Lipinski definition) is 2. The van der Waals surface area contributed by atoms with Gasteiger partial charge in [0, 0.05) is 41.3 Å². The van der Waals surface area contributed by atoms with E-state index >= 15 is 0 Å². The summed E-state index contributed by atoms with van der Waals surface area (Å²) in [7, 11) is 0. The van der Waals surface area contributed by atoms with Gasteiger partial charge in [-0.2, -0.15) is 10.2 Å². The number of hydrogen-bond acceptors (Lipinski definition) is 8. The number of fused-ring (bicyclic) bond motifs is 2. The summed E-state index contributed by atoms with van der Waals surface area (Å²) in [6.07, 6.45) is 9.27. The van der Waals surface area contributed by atoms with Crippen LogP contribution in [0, 0.1) is 6.92 Å². The summed E-state index contributed by atoms with van der Waals surface area (Å²) in [6.45, 7) is 8.07. The Bertz CT molecular complexity index is 1730. The third kappa shape index (κ3) is 4.45. The smallest absolute Gasteiger partial charge is 0.253 e. The van der Waals surface area contributed by atoms with Crippen LogP contribution in [0.5, 0.6) is 0 Å². The Balaban J connectivity index is 1.39. The van der Waals surface area contributed by atoms with E-state index in [1.165, 1.54) is 17.5 Å². The van der Waals surface area contributed by atoms with Crippen molar-refractivity contribution in [2.75, 3.05) is 18.4 Å². The van der Waals surface area contributed by atoms with Crippen LogP contribution < -0.4 is 11.1 Å². The monoisotopic (exact) mass is 543 g/mol. The number of nitrogens with zero attached hydrogens (tertiary/aromatic N) is 7. The van der Waals surface area contributed by atoms with Crippen LogP contribution >= 0.6 is 11.3 Å². The van der Waals surface area contributed by atoms with Gasteiger partial charge in [0.1, 0.15) is 15.5 Å². The lowest BCUT2D eigenvalue weighted by Gasteiger charge is -2.31. The molecule has 3 N–H and O–H groups in total. The predicted molar refractivity (Wildman–Crippen MR) is 150 cm³/mol. The fraction of sp³-hybridized carbons (Fsp3) is 0.333. The normalized spacial score (nSPS) is 15.4. The van der Waals surface area contributed by atoms with Gasteiger partial charge in [-0.3, -0.25) is 19.5 Å². The number of aryl methyl sites for hydroxylation is 1. The van der Waals surface area contributed by atoms with Crippen LogP contribution in [0.1, 0.15) is 49.2 Å². The maximum Gasteiger partial charge on any atom is 0.253 e. The number of carbonyl (C=O) groups excluding carboxylic acids is 2. The highest BCUT2D eigenvalue weighted by molar-refractivity contribution is 7.20. The molecule has 5 aromatic heterocycles. The largest absolute Gasteiger partial charge is 0.365 e. The number of anilines is 1. The lowest BCUT2D eigenvalue weighted by Crippen LogP contribution is -2.39. The van der Waals surface area contributed by atoms with Gasteiger partial charge >= 0.3 is 0 Å². The highest BCUT2D eigenvalue weighted by Crippen LogP contribution is 2.39. The van der Waals surface area contributed by atoms with E-state index in [1.54, 1.807) is 27.8 Å². The number of nitrogens with one attached hydrogen (secondary N) is 1. The first-order chi connectivity index (χ1) is 18.7. The van der Waals surface area contributed by atoms with Crippen molar-refractivity contribution < 1.29 is 9.59 Å². The molecule has 0 spiro atoms. The second-order valence-electron chi connectivity index (χ2n) is 10.4. The van der Waals surface area contributed by atoms with Crippen molar-refractivity contribution in [3.63, 3.8) is 0 Å². The molecule has 1 fully saturated rings. The minimum Gasteiger partial charge on any atom is -0.365 e. The number of carbonyl (C=O) groups is 2. The number of amides is 2. The number of likely N-dealkylation sites (tertiary alicyclic amines) is 1. The second-order valence-corrected chi connectivity index (χ2v) is 11.4. The Kier molecular flexibility index (Phi) is 6.15. The fourth-order valence-electron chi connectivity index (χ4n) is 5.26. The van der Waals surface area contributed by atoms with E-state index in [9.17, 15) is 9.59 Å². The molecule has 1 aliphatic heterocycles. The Morgan fingerprint density at radius 2 is 2.03 bits per heavy atom. The van der Waals surface area contributed by atoms with Gasteiger partial charge in [0.05, 0.1) is 29.8 Å². The zero-order chi connectivity index (χ0) is 27.3. The number of primary amides is 1. The lowest BCUT2D eigenvalue weighted by atomic mass is 10.0. The summed E-state index contributed by atoms with van der Waals surface area (Å²) in [5.41, 5.74) is 9.49. The van der Waals surface area contributed by atoms with E-state index in [1.807, 2.05) is 25.1 Å². The molecule has 12 heteroatoms. The molecular weight excluding hydrogens is 514 g/mol. The maximum atomic E-state index is 12.9. The number of rotatable bonds is 7. The molecule has 1 saturated heterocycles. The molecule has 2 amide bonds. The van der Waals surface area contributed by atoms with Crippen LogP contribution in [0.3, 0.4) is 0 Å². The van der Waals surface area contributed by atoms with Gasteiger partial charge in [-0.05, 0) is 58.4 Å². The van der Waals surface area contributed by atoms with E-state index in [4.69, 9.17) is 5.73 Å². The zero-order valence-corrected chi connectivity index (χ0v) is 22.8. The number of aromatic nitrogens is 6. The number of thiazole rings is 1. The van der Waals surface area contributed by atoms with Gasteiger partial charge < -0.3 is 11.1 Å². The molecule has 0 unspecified atom stereocenters. The molecule has 39 heavy (non-hydrogen) atoms. The molecule has 0 aliphatic carbocycles. The quantitative estimate of drug-likeness (QED) is 0.319. The molecule has 6 rings (SSSR count). The summed E-state index contributed by atoms with van der Waals surface area (Å²) in [4.78, 5) is 37.1. The average molecular weight is 544 g/mol. The van der Waals surface area contributed by atoms with Crippen molar-refractivity contribution in [1.29, 1.82) is 0 Å². The van der Waals surface area contributed by atoms with E-state index in [-0.39, 0.29) is 11.4 Å². The minimum absolute atomic E-state index is 0.0673. The lowest BCUT2D eigenvalue weighted by molar-refractivity contribution is -0.116. The van der Waals surface area contributed by atoms with Crippen molar-refractivity contribution in [3.05, 3.63) is 54.2 Å². The van der Waals surface area contributed by atoms with Crippen LogP contribution in [-0.2, 0) is 4.79 Å². The summed E-state index contributed by atoms with van der Waals surface area (Å²) < 4.78 is 3.42. The number of nitrogens with two attached hydrogens (primary N) is 1. The first-order valence-corrected chi connectivity index (χ1v) is 13.7. The zero-order valence-electron chi connectivity index (χ0n) is 22.0. The summed E-state index contributed by atoms with van der Waals surface area (Å²) in [5, 5.41) is 13.7. The van der Waals surface area contributed by atoms with Gasteiger partial charge in [-0.25, -0.2) is 14.2 Å². The van der Waals surface area contributed by atoms with E-state index in [2.05, 4.69) is 44.2 Å². The van der Waals surface area contributed by atoms with Crippen molar-refractivity contribution in [1.82, 2.24) is 34.3 Å². The third-order valence-electron chi connectivity index (χ3n) is 7.43. The first kappa shape index (κ1) is 25.1. The first-order valence-electron chi connectivity index (χ1n) is 12.8. The Morgan fingerprint density at radius 1 is 1.18 bits per heavy atom. The molecule has 0 atom stereocenters. The molecule has 0 saturated carbocycles. The standard InChI is InChI=1S/C27H29N9O2S/c1-16-19(12-18(14-30-16)33-21(37)7-11-34-10-5-8-27(34,2)3)22-26(36-24-17(13-31-36)6-4-9-29-24)39-25-20(23(28)38)15-32-35(22)25/h4,6,9,12-15H,5,7-8,10-11H2,1-3H3,(H2,28,38)(H,33,37). The molecule has 11 nitrogen and oxygen atoms in total. The van der Waals surface area contributed by atoms with Crippen LogP contribution in [0.25, 0.3) is 32.1 Å². The van der Waals surface area contributed by atoms with Gasteiger partial charge in [0.25, 0.3) is 5.91 Å². The molecule has 0 aromatic carbocycles.